The molecule has 2 rings (SSSR count). The number of thiophene rings is 1. The second kappa shape index (κ2) is 5.67. The summed E-state index contributed by atoms with van der Waals surface area (Å²) in [5.41, 5.74) is 0.795. The molecule has 1 aromatic rings. The molecule has 1 aliphatic rings. The van der Waals surface area contributed by atoms with Crippen molar-refractivity contribution < 1.29 is 8.42 Å². The van der Waals surface area contributed by atoms with Crippen molar-refractivity contribution >= 4 is 44.6 Å². The summed E-state index contributed by atoms with van der Waals surface area (Å²) in [7, 11) is -3.43. The van der Waals surface area contributed by atoms with Gasteiger partial charge in [0.25, 0.3) is 0 Å². The van der Waals surface area contributed by atoms with Crippen molar-refractivity contribution in [1.29, 1.82) is 0 Å². The highest BCUT2D eigenvalue weighted by molar-refractivity contribution is 7.91. The average Bonchev–Trinajstić information content (AvgIpc) is 2.84. The third kappa shape index (κ3) is 3.39. The minimum atomic E-state index is -3.43. The van der Waals surface area contributed by atoms with E-state index in [4.69, 9.17) is 23.2 Å². The highest BCUT2D eigenvalue weighted by Crippen LogP contribution is 2.31. The van der Waals surface area contributed by atoms with Gasteiger partial charge in [-0.05, 0) is 43.7 Å². The molecular formula is C11H15Cl2NO2S2. The van der Waals surface area contributed by atoms with Gasteiger partial charge in [0.15, 0.2) is 0 Å². The monoisotopic (exact) mass is 327 g/mol. The number of alkyl halides is 1. The largest absolute Gasteiger partial charge is 0.250 e. The highest BCUT2D eigenvalue weighted by atomic mass is 35.5. The number of sulfonamides is 1. The minimum Gasteiger partial charge on any atom is -0.210 e. The van der Waals surface area contributed by atoms with E-state index >= 15 is 0 Å². The third-order valence-electron chi connectivity index (χ3n) is 3.14. The van der Waals surface area contributed by atoms with Gasteiger partial charge in [-0.2, -0.15) is 0 Å². The molecule has 2 atom stereocenters. The van der Waals surface area contributed by atoms with Crippen LogP contribution in [0.25, 0.3) is 0 Å². The molecule has 102 valence electrons. The first-order valence-electron chi connectivity index (χ1n) is 5.78. The lowest BCUT2D eigenvalue weighted by molar-refractivity contribution is 0.521. The first-order valence-corrected chi connectivity index (χ1v) is 8.89. The number of nitrogens with one attached hydrogen (secondary N) is 1. The molecule has 2 unspecified atom stereocenters. The second-order valence-electron chi connectivity index (χ2n) is 4.65. The van der Waals surface area contributed by atoms with E-state index in [-0.39, 0.29) is 9.59 Å². The first kappa shape index (κ1) is 14.6. The van der Waals surface area contributed by atoms with Crippen molar-refractivity contribution in [2.45, 2.75) is 35.8 Å². The molecular weight excluding hydrogens is 313 g/mol. The van der Waals surface area contributed by atoms with Gasteiger partial charge in [0.05, 0.1) is 4.34 Å². The molecule has 0 aromatic carbocycles. The van der Waals surface area contributed by atoms with Gasteiger partial charge in [0.2, 0.25) is 10.0 Å². The molecule has 0 bridgehead atoms. The van der Waals surface area contributed by atoms with Crippen LogP contribution in [0.1, 0.15) is 24.8 Å². The van der Waals surface area contributed by atoms with Crippen LogP contribution < -0.4 is 4.72 Å². The van der Waals surface area contributed by atoms with Gasteiger partial charge in [-0.1, -0.05) is 11.6 Å². The Hall–Kier alpha value is 0.190. The number of hydrogen-bond acceptors (Lipinski definition) is 3. The predicted octanol–water partition coefficient (Wildman–Crippen LogP) is 3.40. The van der Waals surface area contributed by atoms with Crippen molar-refractivity contribution in [3.05, 3.63) is 16.0 Å². The van der Waals surface area contributed by atoms with E-state index in [1.54, 1.807) is 13.0 Å². The maximum Gasteiger partial charge on any atom is 0.250 e. The number of halogens is 2. The lowest BCUT2D eigenvalue weighted by atomic mass is 10.1. The zero-order valence-electron chi connectivity index (χ0n) is 9.95. The molecule has 0 amide bonds. The lowest BCUT2D eigenvalue weighted by Crippen LogP contribution is -2.28. The van der Waals surface area contributed by atoms with Crippen molar-refractivity contribution in [3.8, 4) is 0 Å². The van der Waals surface area contributed by atoms with Crippen molar-refractivity contribution in [2.24, 2.45) is 5.92 Å². The summed E-state index contributed by atoms with van der Waals surface area (Å²) in [6.07, 6.45) is 2.84. The summed E-state index contributed by atoms with van der Waals surface area (Å²) in [5, 5.41) is 0.193. The molecule has 0 radical (unpaired) electrons. The van der Waals surface area contributed by atoms with Gasteiger partial charge in [-0.25, -0.2) is 13.1 Å². The Balaban J connectivity index is 1.99. The Labute approximate surface area is 122 Å². The lowest BCUT2D eigenvalue weighted by Gasteiger charge is -2.10. The zero-order chi connectivity index (χ0) is 13.3. The van der Waals surface area contributed by atoms with E-state index in [9.17, 15) is 8.42 Å². The summed E-state index contributed by atoms with van der Waals surface area (Å²) < 4.78 is 27.5. The van der Waals surface area contributed by atoms with Crippen molar-refractivity contribution in [2.75, 3.05) is 6.54 Å². The Morgan fingerprint density at radius 3 is 2.72 bits per heavy atom. The fourth-order valence-corrected chi connectivity index (χ4v) is 5.31. The van der Waals surface area contributed by atoms with Gasteiger partial charge in [0, 0.05) is 11.9 Å². The minimum absolute atomic E-state index is 0.193. The summed E-state index contributed by atoms with van der Waals surface area (Å²) in [6.45, 7) is 2.26. The fraction of sp³-hybridized carbons (Fsp3) is 0.636. The summed E-state index contributed by atoms with van der Waals surface area (Å²) in [6, 6.07) is 1.61. The normalized spacial score (nSPS) is 24.6. The maximum atomic E-state index is 12.0. The van der Waals surface area contributed by atoms with Gasteiger partial charge >= 0.3 is 0 Å². The molecule has 1 fully saturated rings. The van der Waals surface area contributed by atoms with Crippen LogP contribution in [0.5, 0.6) is 0 Å². The molecule has 1 heterocycles. The van der Waals surface area contributed by atoms with Crippen LogP contribution in [-0.2, 0) is 10.0 Å². The topological polar surface area (TPSA) is 46.2 Å². The molecule has 18 heavy (non-hydrogen) atoms. The SMILES string of the molecule is Cc1cc(S(=O)(=O)NCC2CCC(Cl)C2)sc1Cl. The van der Waals surface area contributed by atoms with Gasteiger partial charge in [-0.15, -0.1) is 22.9 Å². The summed E-state index contributed by atoms with van der Waals surface area (Å²) >= 11 is 13.0. The highest BCUT2D eigenvalue weighted by Gasteiger charge is 2.25. The van der Waals surface area contributed by atoms with Crippen LogP contribution in [0.4, 0.5) is 0 Å². The van der Waals surface area contributed by atoms with Crippen LogP contribution in [0, 0.1) is 12.8 Å². The van der Waals surface area contributed by atoms with Gasteiger partial charge in [-0.3, -0.25) is 0 Å². The molecule has 3 nitrogen and oxygen atoms in total. The van der Waals surface area contributed by atoms with Gasteiger partial charge in [0.1, 0.15) is 4.21 Å². The molecule has 1 N–H and O–H groups in total. The number of aryl methyl sites for hydroxylation is 1. The molecule has 0 aliphatic heterocycles. The number of hydrogen-bond donors (Lipinski definition) is 1. The number of rotatable bonds is 4. The molecule has 0 saturated heterocycles. The predicted molar refractivity (Wildman–Crippen MR) is 76.2 cm³/mol. The molecule has 7 heteroatoms. The molecule has 1 saturated carbocycles. The quantitative estimate of drug-likeness (QED) is 0.861. The molecule has 1 aliphatic carbocycles. The average molecular weight is 328 g/mol. The fourth-order valence-electron chi connectivity index (χ4n) is 2.06. The van der Waals surface area contributed by atoms with E-state index in [1.807, 2.05) is 0 Å². The van der Waals surface area contributed by atoms with Crippen LogP contribution in [0.3, 0.4) is 0 Å². The summed E-state index contributed by atoms with van der Waals surface area (Å²) in [5.74, 6) is 0.346. The Bertz CT molecular complexity index is 508. The van der Waals surface area contributed by atoms with Crippen molar-refractivity contribution in [1.82, 2.24) is 4.72 Å². The Kier molecular flexibility index (Phi) is 4.60. The molecule has 0 spiro atoms. The maximum absolute atomic E-state index is 12.0. The second-order valence-corrected chi connectivity index (χ2v) is 8.92. The van der Waals surface area contributed by atoms with Gasteiger partial charge < -0.3 is 0 Å². The first-order chi connectivity index (χ1) is 8.38. The van der Waals surface area contributed by atoms with Crippen LogP contribution >= 0.6 is 34.5 Å². The van der Waals surface area contributed by atoms with E-state index in [1.165, 1.54) is 0 Å². The molecule has 1 aromatic heterocycles. The third-order valence-corrected chi connectivity index (χ3v) is 6.99. The smallest absolute Gasteiger partial charge is 0.210 e. The van der Waals surface area contributed by atoms with E-state index in [0.29, 0.717) is 16.8 Å². The Morgan fingerprint density at radius 1 is 1.50 bits per heavy atom. The van der Waals surface area contributed by atoms with E-state index in [2.05, 4.69) is 4.72 Å². The zero-order valence-corrected chi connectivity index (χ0v) is 13.1. The summed E-state index contributed by atoms with van der Waals surface area (Å²) in [4.78, 5) is 0. The standard InChI is InChI=1S/C11H15Cl2NO2S2/c1-7-4-10(17-11(7)13)18(15,16)14-6-8-2-3-9(12)5-8/h4,8-9,14H,2-3,5-6H2,1H3. The van der Waals surface area contributed by atoms with E-state index in [0.717, 1.165) is 36.2 Å². The van der Waals surface area contributed by atoms with Crippen LogP contribution in [0.2, 0.25) is 4.34 Å². The van der Waals surface area contributed by atoms with Crippen LogP contribution in [0.15, 0.2) is 10.3 Å². The van der Waals surface area contributed by atoms with Crippen molar-refractivity contribution in [3.63, 3.8) is 0 Å². The Morgan fingerprint density at radius 2 is 2.22 bits per heavy atom. The van der Waals surface area contributed by atoms with E-state index < -0.39 is 10.0 Å². The van der Waals surface area contributed by atoms with Crippen LogP contribution in [-0.4, -0.2) is 20.3 Å².